The highest BCUT2D eigenvalue weighted by molar-refractivity contribution is 7.16. The van der Waals surface area contributed by atoms with Gasteiger partial charge in [0.05, 0.1) is 17.1 Å². The van der Waals surface area contributed by atoms with Crippen molar-refractivity contribution in [3.05, 3.63) is 40.5 Å². The van der Waals surface area contributed by atoms with E-state index < -0.39 is 0 Å². The van der Waals surface area contributed by atoms with Gasteiger partial charge < -0.3 is 11.1 Å². The molecule has 0 aliphatic rings. The number of nitrogens with two attached hydrogens (primary N) is 1. The molecule has 0 aliphatic heterocycles. The van der Waals surface area contributed by atoms with Crippen molar-refractivity contribution in [1.82, 2.24) is 4.98 Å². The van der Waals surface area contributed by atoms with Gasteiger partial charge in [-0.25, -0.2) is 4.98 Å². The van der Waals surface area contributed by atoms with E-state index in [0.717, 1.165) is 27.7 Å². The molecular formula is C16H21N3OS. The van der Waals surface area contributed by atoms with E-state index in [1.165, 1.54) is 11.3 Å². The Labute approximate surface area is 129 Å². The maximum absolute atomic E-state index is 12.2. The van der Waals surface area contributed by atoms with Crippen LogP contribution in [-0.4, -0.2) is 10.9 Å². The fraction of sp³-hybridized carbons (Fsp3) is 0.375. The zero-order chi connectivity index (χ0) is 15.4. The maximum atomic E-state index is 12.2. The van der Waals surface area contributed by atoms with Crippen LogP contribution in [-0.2, 0) is 17.6 Å². The van der Waals surface area contributed by atoms with Crippen LogP contribution in [0.15, 0.2) is 24.3 Å². The second-order valence-electron chi connectivity index (χ2n) is 5.57. The third-order valence-corrected chi connectivity index (χ3v) is 3.93. The summed E-state index contributed by atoms with van der Waals surface area (Å²) in [6.07, 6.45) is 1.22. The van der Waals surface area contributed by atoms with E-state index in [1.54, 1.807) is 0 Å². The molecule has 0 saturated heterocycles. The number of anilines is 2. The Morgan fingerprint density at radius 2 is 2.00 bits per heavy atom. The number of amides is 1. The van der Waals surface area contributed by atoms with Gasteiger partial charge in [-0.05, 0) is 37.0 Å². The van der Waals surface area contributed by atoms with Crippen LogP contribution in [0.5, 0.6) is 0 Å². The van der Waals surface area contributed by atoms with Crippen molar-refractivity contribution in [3.8, 4) is 0 Å². The van der Waals surface area contributed by atoms with Gasteiger partial charge in [-0.2, -0.15) is 0 Å². The number of benzene rings is 1. The topological polar surface area (TPSA) is 68.0 Å². The number of hydrogen-bond acceptors (Lipinski definition) is 4. The number of aromatic nitrogens is 1. The molecule has 1 heterocycles. The second-order valence-corrected chi connectivity index (χ2v) is 6.78. The minimum atomic E-state index is -0.0200. The van der Waals surface area contributed by atoms with Crippen molar-refractivity contribution in [2.75, 3.05) is 11.1 Å². The molecule has 0 aliphatic carbocycles. The minimum Gasteiger partial charge on any atom is -0.399 e. The lowest BCUT2D eigenvalue weighted by atomic mass is 10.1. The van der Waals surface area contributed by atoms with E-state index in [-0.39, 0.29) is 5.91 Å². The van der Waals surface area contributed by atoms with Gasteiger partial charge in [-0.1, -0.05) is 26.0 Å². The summed E-state index contributed by atoms with van der Waals surface area (Å²) >= 11 is 1.53. The average Bonchev–Trinajstić information content (AvgIpc) is 2.71. The number of rotatable bonds is 5. The fourth-order valence-electron chi connectivity index (χ4n) is 2.08. The molecule has 1 amide bonds. The number of nitrogens with zero attached hydrogens (tertiary/aromatic N) is 1. The molecule has 3 N–H and O–H groups in total. The van der Waals surface area contributed by atoms with E-state index in [4.69, 9.17) is 5.73 Å². The van der Waals surface area contributed by atoms with Gasteiger partial charge in [-0.3, -0.25) is 4.79 Å². The van der Waals surface area contributed by atoms with E-state index >= 15 is 0 Å². The predicted octanol–water partition coefficient (Wildman–Crippen LogP) is 3.41. The first-order chi connectivity index (χ1) is 9.94. The number of carbonyl (C=O) groups is 1. The lowest BCUT2D eigenvalue weighted by molar-refractivity contribution is -0.115. The molecule has 0 radical (unpaired) electrons. The minimum absolute atomic E-state index is 0.0200. The second kappa shape index (κ2) is 6.72. The van der Waals surface area contributed by atoms with Crippen LogP contribution in [0.2, 0.25) is 0 Å². The number of nitrogens with one attached hydrogen (secondary N) is 1. The van der Waals surface area contributed by atoms with Gasteiger partial charge in [0, 0.05) is 5.69 Å². The van der Waals surface area contributed by atoms with Crippen LogP contribution < -0.4 is 11.1 Å². The van der Waals surface area contributed by atoms with Crippen LogP contribution in [0.1, 0.15) is 30.1 Å². The third-order valence-electron chi connectivity index (χ3n) is 3.00. The van der Waals surface area contributed by atoms with Gasteiger partial charge in [0.2, 0.25) is 5.91 Å². The summed E-state index contributed by atoms with van der Waals surface area (Å²) in [6.45, 7) is 6.26. The molecule has 0 spiro atoms. The summed E-state index contributed by atoms with van der Waals surface area (Å²) in [7, 11) is 0. The Hall–Kier alpha value is -1.88. The van der Waals surface area contributed by atoms with Crippen molar-refractivity contribution < 1.29 is 4.79 Å². The zero-order valence-electron chi connectivity index (χ0n) is 12.6. The first-order valence-electron chi connectivity index (χ1n) is 7.04. The molecular weight excluding hydrogens is 282 g/mol. The molecule has 2 aromatic rings. The molecule has 4 nitrogen and oxygen atoms in total. The molecule has 2 rings (SSSR count). The van der Waals surface area contributed by atoms with Gasteiger partial charge in [0.25, 0.3) is 0 Å². The Morgan fingerprint density at radius 1 is 1.33 bits per heavy atom. The van der Waals surface area contributed by atoms with Crippen molar-refractivity contribution in [2.45, 2.75) is 33.6 Å². The van der Waals surface area contributed by atoms with Gasteiger partial charge in [0.1, 0.15) is 5.00 Å². The monoisotopic (exact) mass is 303 g/mol. The van der Waals surface area contributed by atoms with Crippen LogP contribution in [0, 0.1) is 12.8 Å². The van der Waals surface area contributed by atoms with Crippen LogP contribution in [0.4, 0.5) is 10.7 Å². The Balaban J connectivity index is 2.03. The smallest absolute Gasteiger partial charge is 0.229 e. The number of nitrogen functional groups attached to an aromatic ring is 1. The first kappa shape index (κ1) is 15.5. The highest BCUT2D eigenvalue weighted by Gasteiger charge is 2.13. The molecule has 5 heteroatoms. The van der Waals surface area contributed by atoms with E-state index in [2.05, 4.69) is 24.1 Å². The van der Waals surface area contributed by atoms with E-state index in [0.29, 0.717) is 18.0 Å². The predicted molar refractivity (Wildman–Crippen MR) is 88.6 cm³/mol. The van der Waals surface area contributed by atoms with Gasteiger partial charge in [0.15, 0.2) is 0 Å². The molecule has 1 aromatic heterocycles. The summed E-state index contributed by atoms with van der Waals surface area (Å²) in [5.74, 6) is 0.493. The number of aryl methyl sites for hydroxylation is 1. The number of thiazole rings is 1. The van der Waals surface area contributed by atoms with E-state index in [1.807, 2.05) is 31.2 Å². The largest absolute Gasteiger partial charge is 0.399 e. The fourth-order valence-corrected chi connectivity index (χ4v) is 2.95. The SMILES string of the molecule is Cc1nc(CC(C)C)c(NC(=O)Cc2ccc(N)cc2)s1. The molecule has 112 valence electrons. The highest BCUT2D eigenvalue weighted by atomic mass is 32.1. The Morgan fingerprint density at radius 3 is 2.62 bits per heavy atom. The zero-order valence-corrected chi connectivity index (χ0v) is 13.5. The summed E-state index contributed by atoms with van der Waals surface area (Å²) in [5.41, 5.74) is 8.28. The first-order valence-corrected chi connectivity index (χ1v) is 7.86. The van der Waals surface area contributed by atoms with Crippen molar-refractivity contribution in [2.24, 2.45) is 5.92 Å². The Bertz CT molecular complexity index is 617. The summed E-state index contributed by atoms with van der Waals surface area (Å²) in [5, 5.41) is 4.84. The summed E-state index contributed by atoms with van der Waals surface area (Å²) < 4.78 is 0. The van der Waals surface area contributed by atoms with E-state index in [9.17, 15) is 4.79 Å². The number of carbonyl (C=O) groups excluding carboxylic acids is 1. The lowest BCUT2D eigenvalue weighted by Crippen LogP contribution is -2.15. The normalized spacial score (nSPS) is 10.9. The summed E-state index contributed by atoms with van der Waals surface area (Å²) in [4.78, 5) is 16.7. The van der Waals surface area contributed by atoms with Crippen molar-refractivity contribution in [3.63, 3.8) is 0 Å². The van der Waals surface area contributed by atoms with Crippen LogP contribution >= 0.6 is 11.3 Å². The van der Waals surface area contributed by atoms with Crippen molar-refractivity contribution >= 4 is 27.9 Å². The summed E-state index contributed by atoms with van der Waals surface area (Å²) in [6, 6.07) is 7.37. The quantitative estimate of drug-likeness (QED) is 0.832. The highest BCUT2D eigenvalue weighted by Crippen LogP contribution is 2.26. The molecule has 0 bridgehead atoms. The van der Waals surface area contributed by atoms with Gasteiger partial charge >= 0.3 is 0 Å². The molecule has 0 saturated carbocycles. The molecule has 0 unspecified atom stereocenters. The lowest BCUT2D eigenvalue weighted by Gasteiger charge is -2.07. The number of hydrogen-bond donors (Lipinski definition) is 2. The maximum Gasteiger partial charge on any atom is 0.229 e. The standard InChI is InChI=1S/C16H21N3OS/c1-10(2)8-14-16(21-11(3)18-14)19-15(20)9-12-4-6-13(17)7-5-12/h4-7,10H,8-9,17H2,1-3H3,(H,19,20). The molecule has 1 aromatic carbocycles. The van der Waals surface area contributed by atoms with Gasteiger partial charge in [-0.15, -0.1) is 11.3 Å². The van der Waals surface area contributed by atoms with Crippen molar-refractivity contribution in [1.29, 1.82) is 0 Å². The molecule has 0 fully saturated rings. The molecule has 0 atom stereocenters. The molecule has 21 heavy (non-hydrogen) atoms. The Kier molecular flexibility index (Phi) is 4.96. The van der Waals surface area contributed by atoms with Crippen LogP contribution in [0.25, 0.3) is 0 Å². The van der Waals surface area contributed by atoms with Crippen LogP contribution in [0.3, 0.4) is 0 Å². The average molecular weight is 303 g/mol. The third kappa shape index (κ3) is 4.56.